The van der Waals surface area contributed by atoms with E-state index in [1.807, 2.05) is 24.3 Å². The van der Waals surface area contributed by atoms with E-state index >= 15 is 0 Å². The summed E-state index contributed by atoms with van der Waals surface area (Å²) in [5.74, 6) is -1.76. The highest BCUT2D eigenvalue weighted by atomic mass is 19.4. The first-order chi connectivity index (χ1) is 16.1. The monoisotopic (exact) mass is 480 g/mol. The summed E-state index contributed by atoms with van der Waals surface area (Å²) < 4.78 is 45.5. The van der Waals surface area contributed by atoms with Crippen LogP contribution in [0.15, 0.2) is 60.7 Å². The Bertz CT molecular complexity index is 973. The third kappa shape index (κ3) is 8.53. The molecule has 0 spiro atoms. The second-order valence-electron chi connectivity index (χ2n) is 7.53. The van der Waals surface area contributed by atoms with Gasteiger partial charge in [0.2, 0.25) is 0 Å². The molecular formula is C24H27F3N2O5. The van der Waals surface area contributed by atoms with E-state index in [0.29, 0.717) is 24.3 Å². The lowest BCUT2D eigenvalue weighted by molar-refractivity contribution is -0.138. The minimum atomic E-state index is -4.35. The Kier molecular flexibility index (Phi) is 10.1. The molecule has 0 aromatic heterocycles. The van der Waals surface area contributed by atoms with Gasteiger partial charge in [0.05, 0.1) is 12.7 Å². The molecule has 184 valence electrons. The topological polar surface area (TPSA) is 99.1 Å². The van der Waals surface area contributed by atoms with Crippen molar-refractivity contribution in [2.45, 2.75) is 31.7 Å². The summed E-state index contributed by atoms with van der Waals surface area (Å²) in [6.07, 6.45) is -2.31. The Morgan fingerprint density at radius 3 is 2.12 bits per heavy atom. The van der Waals surface area contributed by atoms with Gasteiger partial charge in [-0.15, -0.1) is 0 Å². The molecular weight excluding hydrogens is 453 g/mol. The molecule has 7 nitrogen and oxygen atoms in total. The minimum absolute atomic E-state index is 0.196. The average Bonchev–Trinajstić information content (AvgIpc) is 3.33. The van der Waals surface area contributed by atoms with Gasteiger partial charge in [-0.1, -0.05) is 36.4 Å². The van der Waals surface area contributed by atoms with Crippen LogP contribution < -0.4 is 10.1 Å². The van der Waals surface area contributed by atoms with Crippen LogP contribution in [0.4, 0.5) is 13.2 Å². The Balaban J connectivity index is 0.000000440. The number of methoxy groups -OCH3 is 1. The van der Waals surface area contributed by atoms with Gasteiger partial charge in [-0.2, -0.15) is 13.2 Å². The quantitative estimate of drug-likeness (QED) is 0.495. The van der Waals surface area contributed by atoms with Crippen LogP contribution in [0.1, 0.15) is 23.1 Å². The lowest BCUT2D eigenvalue weighted by atomic mass is 10.0. The largest absolute Gasteiger partial charge is 0.496 e. The summed E-state index contributed by atoms with van der Waals surface area (Å²) in [5, 5.41) is 18.9. The highest BCUT2D eigenvalue weighted by Crippen LogP contribution is 2.33. The van der Waals surface area contributed by atoms with Crippen molar-refractivity contribution < 1.29 is 37.7 Å². The Labute approximate surface area is 195 Å². The van der Waals surface area contributed by atoms with Crippen LogP contribution in [-0.4, -0.2) is 53.3 Å². The van der Waals surface area contributed by atoms with Crippen molar-refractivity contribution in [2.24, 2.45) is 0 Å². The molecule has 0 unspecified atom stereocenters. The molecule has 2 aromatic carbocycles. The van der Waals surface area contributed by atoms with E-state index in [-0.39, 0.29) is 12.6 Å². The molecule has 1 aliphatic rings. The van der Waals surface area contributed by atoms with Gasteiger partial charge in [0.25, 0.3) is 0 Å². The highest BCUT2D eigenvalue weighted by molar-refractivity contribution is 5.89. The van der Waals surface area contributed by atoms with Crippen LogP contribution >= 0.6 is 0 Å². The van der Waals surface area contributed by atoms with Gasteiger partial charge in [0.1, 0.15) is 5.75 Å². The molecule has 34 heavy (non-hydrogen) atoms. The van der Waals surface area contributed by atoms with Crippen LogP contribution in [0.25, 0.3) is 0 Å². The number of hydrogen-bond acceptors (Lipinski definition) is 5. The summed E-state index contributed by atoms with van der Waals surface area (Å²) in [5.41, 5.74) is 0.726. The van der Waals surface area contributed by atoms with Gasteiger partial charge in [0, 0.05) is 43.4 Å². The Morgan fingerprint density at radius 1 is 1.03 bits per heavy atom. The van der Waals surface area contributed by atoms with E-state index in [4.69, 9.17) is 14.9 Å². The molecule has 0 aliphatic carbocycles. The lowest BCUT2D eigenvalue weighted by Gasteiger charge is -2.30. The molecule has 10 heteroatoms. The third-order valence-electron chi connectivity index (χ3n) is 5.18. The molecule has 2 aromatic rings. The zero-order chi connectivity index (χ0) is 25.1. The Hall–Kier alpha value is -3.37. The van der Waals surface area contributed by atoms with Crippen LogP contribution in [0.2, 0.25) is 0 Å². The number of carboxylic acid groups (broad SMARTS) is 2. The van der Waals surface area contributed by atoms with Gasteiger partial charge in [0.15, 0.2) is 0 Å². The zero-order valence-corrected chi connectivity index (χ0v) is 18.6. The number of alkyl halides is 3. The maximum absolute atomic E-state index is 13.4. The van der Waals surface area contributed by atoms with Gasteiger partial charge in [-0.05, 0) is 30.7 Å². The standard InChI is InChI=1S/C20H23F3N2O.C4H4O4/c1-26-19-9-5-3-7-16(19)14-25(17-10-11-24-12-17)13-15-6-2-4-8-18(15)20(21,22)23;5-3(6)1-2-4(7)8/h2-9,17,24H,10-14H2,1H3;1-2H,(H,5,6)(H,7,8)/b;2-1+/t17-;/m0./s1. The van der Waals surface area contributed by atoms with Crippen LogP contribution in [-0.2, 0) is 28.9 Å². The fourth-order valence-electron chi connectivity index (χ4n) is 3.61. The van der Waals surface area contributed by atoms with Gasteiger partial charge in [-0.3, -0.25) is 4.90 Å². The second-order valence-corrected chi connectivity index (χ2v) is 7.53. The van der Waals surface area contributed by atoms with Crippen LogP contribution in [0.3, 0.4) is 0 Å². The number of carbonyl (C=O) groups is 2. The fraction of sp³-hybridized carbons (Fsp3) is 0.333. The number of carboxylic acids is 2. The number of hydrogen-bond donors (Lipinski definition) is 3. The predicted molar refractivity (Wildman–Crippen MR) is 119 cm³/mol. The van der Waals surface area contributed by atoms with Crippen molar-refractivity contribution in [3.63, 3.8) is 0 Å². The number of rotatable bonds is 8. The van der Waals surface area contributed by atoms with Crippen molar-refractivity contribution in [3.05, 3.63) is 77.4 Å². The van der Waals surface area contributed by atoms with E-state index in [2.05, 4.69) is 10.2 Å². The van der Waals surface area contributed by atoms with Crippen LogP contribution in [0, 0.1) is 0 Å². The number of aliphatic carboxylic acids is 2. The predicted octanol–water partition coefficient (Wildman–Crippen LogP) is 3.79. The molecule has 1 atom stereocenters. The first-order valence-electron chi connectivity index (χ1n) is 10.5. The van der Waals surface area contributed by atoms with Crippen molar-refractivity contribution in [1.29, 1.82) is 0 Å². The summed E-state index contributed by atoms with van der Waals surface area (Å²) >= 11 is 0. The van der Waals surface area contributed by atoms with Gasteiger partial charge >= 0.3 is 18.1 Å². The number of para-hydroxylation sites is 1. The smallest absolute Gasteiger partial charge is 0.416 e. The van der Waals surface area contributed by atoms with Crippen molar-refractivity contribution in [3.8, 4) is 5.75 Å². The number of nitrogens with one attached hydrogen (secondary N) is 1. The summed E-state index contributed by atoms with van der Waals surface area (Å²) in [7, 11) is 1.61. The minimum Gasteiger partial charge on any atom is -0.496 e. The molecule has 3 rings (SSSR count). The number of halogens is 3. The maximum Gasteiger partial charge on any atom is 0.416 e. The molecule has 1 aliphatic heterocycles. The summed E-state index contributed by atoms with van der Waals surface area (Å²) in [6.45, 7) is 2.46. The summed E-state index contributed by atoms with van der Waals surface area (Å²) in [4.78, 5) is 21.2. The third-order valence-corrected chi connectivity index (χ3v) is 5.18. The summed E-state index contributed by atoms with van der Waals surface area (Å²) in [6, 6.07) is 13.7. The van der Waals surface area contributed by atoms with E-state index in [1.165, 1.54) is 6.07 Å². The van der Waals surface area contributed by atoms with E-state index in [9.17, 15) is 22.8 Å². The van der Waals surface area contributed by atoms with Gasteiger partial charge < -0.3 is 20.3 Å². The average molecular weight is 480 g/mol. The Morgan fingerprint density at radius 2 is 1.59 bits per heavy atom. The van der Waals surface area contributed by atoms with E-state index in [0.717, 1.165) is 36.9 Å². The second kappa shape index (κ2) is 12.8. The molecule has 3 N–H and O–H groups in total. The molecule has 0 radical (unpaired) electrons. The van der Waals surface area contributed by atoms with Crippen molar-refractivity contribution in [1.82, 2.24) is 10.2 Å². The molecule has 1 fully saturated rings. The number of ether oxygens (including phenoxy) is 1. The lowest BCUT2D eigenvalue weighted by Crippen LogP contribution is -2.36. The van der Waals surface area contributed by atoms with Crippen molar-refractivity contribution in [2.75, 3.05) is 20.2 Å². The van der Waals surface area contributed by atoms with E-state index in [1.54, 1.807) is 19.2 Å². The van der Waals surface area contributed by atoms with Crippen molar-refractivity contribution >= 4 is 11.9 Å². The molecule has 0 saturated carbocycles. The highest BCUT2D eigenvalue weighted by Gasteiger charge is 2.34. The fourth-order valence-corrected chi connectivity index (χ4v) is 3.61. The first-order valence-corrected chi connectivity index (χ1v) is 10.5. The van der Waals surface area contributed by atoms with Gasteiger partial charge in [-0.25, -0.2) is 9.59 Å². The molecule has 0 bridgehead atoms. The molecule has 0 amide bonds. The number of nitrogens with zero attached hydrogens (tertiary/aromatic N) is 1. The zero-order valence-electron chi connectivity index (χ0n) is 18.6. The SMILES string of the molecule is COc1ccccc1CN(Cc1ccccc1C(F)(F)F)[C@H]1CCNC1.O=C(O)/C=C/C(=O)O. The normalized spacial score (nSPS) is 15.7. The first kappa shape index (κ1) is 26.9. The van der Waals surface area contributed by atoms with Crippen LogP contribution in [0.5, 0.6) is 5.75 Å². The van der Waals surface area contributed by atoms with E-state index < -0.39 is 23.7 Å². The molecule has 1 saturated heterocycles. The number of benzene rings is 2. The molecule has 1 heterocycles. The maximum atomic E-state index is 13.4.